The summed E-state index contributed by atoms with van der Waals surface area (Å²) in [4.78, 5) is 6.50. The Morgan fingerprint density at radius 3 is 2.43 bits per heavy atom. The first-order chi connectivity index (χ1) is 16.8. The molecule has 1 saturated heterocycles. The number of sulfonamides is 1. The van der Waals surface area contributed by atoms with Crippen molar-refractivity contribution in [2.24, 2.45) is 0 Å². The Hall–Kier alpha value is -3.76. The number of anilines is 2. The second kappa shape index (κ2) is 9.12. The minimum Gasteiger partial charge on any atom is -0.351 e. The van der Waals surface area contributed by atoms with E-state index < -0.39 is 10.0 Å². The van der Waals surface area contributed by atoms with Gasteiger partial charge in [0, 0.05) is 29.5 Å². The molecular formula is C25H22FN5O2S2. The summed E-state index contributed by atoms with van der Waals surface area (Å²) in [6.07, 6.45) is 4.65. The molecule has 0 spiro atoms. The standard InChI is InChI=1S/C25H22FN5O2S2/c1-35(32,33)29-17-11-13-18(14-12-17)31-24(23(28-25(31)34)20-8-4-5-15-27-20)22-10-6-16-30(22)21-9-3-2-7-19(21)26/h2-16,23-24,29H,1H3,(H,28,34)/t23-,24+/m1/s1. The van der Waals surface area contributed by atoms with Crippen molar-refractivity contribution in [1.82, 2.24) is 14.9 Å². The first-order valence-electron chi connectivity index (χ1n) is 10.8. The van der Waals surface area contributed by atoms with Gasteiger partial charge in [0.1, 0.15) is 11.9 Å². The van der Waals surface area contributed by atoms with E-state index in [-0.39, 0.29) is 17.9 Å². The van der Waals surface area contributed by atoms with Crippen LogP contribution in [-0.2, 0) is 10.0 Å². The molecule has 0 saturated carbocycles. The number of halogens is 1. The largest absolute Gasteiger partial charge is 0.351 e. The summed E-state index contributed by atoms with van der Waals surface area (Å²) >= 11 is 5.75. The molecule has 1 aliphatic heterocycles. The van der Waals surface area contributed by atoms with E-state index in [1.807, 2.05) is 46.0 Å². The monoisotopic (exact) mass is 507 g/mol. The number of nitrogens with one attached hydrogen (secondary N) is 2. The summed E-state index contributed by atoms with van der Waals surface area (Å²) in [5.74, 6) is -0.337. The fraction of sp³-hybridized carbons (Fsp3) is 0.120. The lowest BCUT2D eigenvalue weighted by Crippen LogP contribution is -2.30. The maximum absolute atomic E-state index is 14.8. The zero-order chi connectivity index (χ0) is 24.6. The van der Waals surface area contributed by atoms with Crippen LogP contribution >= 0.6 is 12.2 Å². The second-order valence-corrected chi connectivity index (χ2v) is 10.3. The molecule has 1 aliphatic rings. The molecule has 10 heteroatoms. The second-order valence-electron chi connectivity index (χ2n) is 8.17. The predicted octanol–water partition coefficient (Wildman–Crippen LogP) is 4.56. The van der Waals surface area contributed by atoms with Crippen LogP contribution < -0.4 is 14.9 Å². The van der Waals surface area contributed by atoms with Gasteiger partial charge in [-0.05, 0) is 72.9 Å². The van der Waals surface area contributed by atoms with Gasteiger partial charge in [0.2, 0.25) is 10.0 Å². The van der Waals surface area contributed by atoms with Crippen LogP contribution in [0.3, 0.4) is 0 Å². The molecule has 0 aliphatic carbocycles. The van der Waals surface area contributed by atoms with E-state index in [1.165, 1.54) is 6.07 Å². The van der Waals surface area contributed by atoms with E-state index in [9.17, 15) is 12.8 Å². The van der Waals surface area contributed by atoms with Gasteiger partial charge >= 0.3 is 0 Å². The van der Waals surface area contributed by atoms with E-state index in [0.29, 0.717) is 16.5 Å². The zero-order valence-electron chi connectivity index (χ0n) is 18.7. The first kappa shape index (κ1) is 23.0. The average Bonchev–Trinajstić information content (AvgIpc) is 3.44. The number of para-hydroxylation sites is 1. The van der Waals surface area contributed by atoms with Crippen molar-refractivity contribution in [3.63, 3.8) is 0 Å². The lowest BCUT2D eigenvalue weighted by molar-refractivity contribution is 0.544. The number of hydrogen-bond acceptors (Lipinski definition) is 4. The van der Waals surface area contributed by atoms with Gasteiger partial charge in [0.25, 0.3) is 0 Å². The number of aromatic nitrogens is 2. The maximum atomic E-state index is 14.8. The van der Waals surface area contributed by atoms with Gasteiger partial charge in [-0.15, -0.1) is 0 Å². The molecule has 0 amide bonds. The Morgan fingerprint density at radius 2 is 1.74 bits per heavy atom. The number of nitrogens with zero attached hydrogens (tertiary/aromatic N) is 3. The molecule has 4 aromatic rings. The maximum Gasteiger partial charge on any atom is 0.229 e. The van der Waals surface area contributed by atoms with E-state index in [0.717, 1.165) is 23.3 Å². The molecular weight excluding hydrogens is 485 g/mol. The normalized spacial score (nSPS) is 17.9. The minimum absolute atomic E-state index is 0.307. The Bertz CT molecular complexity index is 1470. The smallest absolute Gasteiger partial charge is 0.229 e. The van der Waals surface area contributed by atoms with Gasteiger partial charge in [0.05, 0.1) is 23.7 Å². The van der Waals surface area contributed by atoms with Gasteiger partial charge in [0.15, 0.2) is 5.11 Å². The molecule has 2 atom stereocenters. The number of thiocarbonyl (C=S) groups is 1. The van der Waals surface area contributed by atoms with Crippen LogP contribution in [-0.4, -0.2) is 29.3 Å². The molecule has 2 N–H and O–H groups in total. The van der Waals surface area contributed by atoms with Crippen LogP contribution in [0.1, 0.15) is 23.5 Å². The van der Waals surface area contributed by atoms with Crippen LogP contribution in [0.4, 0.5) is 15.8 Å². The van der Waals surface area contributed by atoms with E-state index >= 15 is 0 Å². The van der Waals surface area contributed by atoms with Crippen LogP contribution in [0, 0.1) is 5.82 Å². The predicted molar refractivity (Wildman–Crippen MR) is 139 cm³/mol. The molecule has 178 valence electrons. The van der Waals surface area contributed by atoms with Gasteiger partial charge in [-0.1, -0.05) is 18.2 Å². The van der Waals surface area contributed by atoms with E-state index in [4.69, 9.17) is 12.2 Å². The molecule has 3 heterocycles. The third-order valence-electron chi connectivity index (χ3n) is 5.74. The van der Waals surface area contributed by atoms with E-state index in [1.54, 1.807) is 48.7 Å². The van der Waals surface area contributed by atoms with Gasteiger partial charge in [-0.25, -0.2) is 12.8 Å². The number of rotatable bonds is 6. The van der Waals surface area contributed by atoms with Crippen LogP contribution in [0.15, 0.2) is 91.3 Å². The van der Waals surface area contributed by atoms with E-state index in [2.05, 4.69) is 15.0 Å². The molecule has 0 unspecified atom stereocenters. The minimum atomic E-state index is -3.40. The topological polar surface area (TPSA) is 79.3 Å². The zero-order valence-corrected chi connectivity index (χ0v) is 20.3. The SMILES string of the molecule is CS(=O)(=O)Nc1ccc(N2C(=S)N[C@H](c3ccccn3)[C@@H]2c2cccn2-c2ccccc2F)cc1. The summed E-state index contributed by atoms with van der Waals surface area (Å²) in [5, 5.41) is 3.86. The summed E-state index contributed by atoms with van der Waals surface area (Å²) in [6.45, 7) is 0. The number of benzene rings is 2. The fourth-order valence-corrected chi connectivity index (χ4v) is 5.25. The van der Waals surface area contributed by atoms with Crippen molar-refractivity contribution < 1.29 is 12.8 Å². The first-order valence-corrected chi connectivity index (χ1v) is 13.1. The molecule has 2 aromatic carbocycles. The highest BCUT2D eigenvalue weighted by atomic mass is 32.2. The van der Waals surface area contributed by atoms with Crippen molar-refractivity contribution in [1.29, 1.82) is 0 Å². The van der Waals surface area contributed by atoms with Crippen LogP contribution in [0.25, 0.3) is 5.69 Å². The molecule has 2 aromatic heterocycles. The molecule has 0 bridgehead atoms. The lowest BCUT2D eigenvalue weighted by atomic mass is 10.0. The summed E-state index contributed by atoms with van der Waals surface area (Å²) in [6, 6.07) is 22.4. The van der Waals surface area contributed by atoms with Crippen molar-refractivity contribution in [3.05, 3.63) is 108 Å². The highest BCUT2D eigenvalue weighted by Crippen LogP contribution is 2.42. The summed E-state index contributed by atoms with van der Waals surface area (Å²) in [5.41, 5.74) is 3.24. The third kappa shape index (κ3) is 4.62. The van der Waals surface area contributed by atoms with Crippen molar-refractivity contribution >= 4 is 38.7 Å². The Morgan fingerprint density at radius 1 is 1.00 bits per heavy atom. The molecule has 1 fully saturated rings. The summed E-state index contributed by atoms with van der Waals surface area (Å²) in [7, 11) is -3.40. The molecule has 35 heavy (non-hydrogen) atoms. The Labute approximate surface area is 208 Å². The fourth-order valence-electron chi connectivity index (χ4n) is 4.34. The highest BCUT2D eigenvalue weighted by Gasteiger charge is 2.42. The molecule has 5 rings (SSSR count). The average molecular weight is 508 g/mol. The quantitative estimate of drug-likeness (QED) is 0.373. The summed E-state index contributed by atoms with van der Waals surface area (Å²) < 4.78 is 42.3. The Kier molecular flexibility index (Phi) is 6.00. The Balaban J connectivity index is 1.62. The van der Waals surface area contributed by atoms with Gasteiger partial charge in [-0.2, -0.15) is 0 Å². The number of hydrogen-bond donors (Lipinski definition) is 2. The van der Waals surface area contributed by atoms with Gasteiger partial charge in [-0.3, -0.25) is 9.71 Å². The van der Waals surface area contributed by atoms with Crippen molar-refractivity contribution in [2.45, 2.75) is 12.1 Å². The third-order valence-corrected chi connectivity index (χ3v) is 6.66. The van der Waals surface area contributed by atoms with Crippen LogP contribution in [0.2, 0.25) is 0 Å². The lowest BCUT2D eigenvalue weighted by Gasteiger charge is -2.29. The van der Waals surface area contributed by atoms with Gasteiger partial charge < -0.3 is 14.8 Å². The van der Waals surface area contributed by atoms with Crippen molar-refractivity contribution in [2.75, 3.05) is 15.9 Å². The number of pyridine rings is 1. The highest BCUT2D eigenvalue weighted by molar-refractivity contribution is 7.92. The molecule has 7 nitrogen and oxygen atoms in total. The molecule has 0 radical (unpaired) electrons. The van der Waals surface area contributed by atoms with Crippen LogP contribution in [0.5, 0.6) is 0 Å². The van der Waals surface area contributed by atoms with Crippen molar-refractivity contribution in [3.8, 4) is 5.69 Å².